The molecule has 0 aliphatic carbocycles. The summed E-state index contributed by atoms with van der Waals surface area (Å²) in [6.45, 7) is 9.00. The summed E-state index contributed by atoms with van der Waals surface area (Å²) in [6, 6.07) is 2.53. The minimum absolute atomic E-state index is 0.529. The molecule has 0 radical (unpaired) electrons. The van der Waals surface area contributed by atoms with E-state index in [1.807, 2.05) is 19.9 Å². The predicted octanol–water partition coefficient (Wildman–Crippen LogP) is 1.03. The molecule has 0 spiro atoms. The second kappa shape index (κ2) is 7.55. The summed E-state index contributed by atoms with van der Waals surface area (Å²) in [5.74, 6) is 0.843. The lowest BCUT2D eigenvalue weighted by atomic mass is 10.0. The number of rotatable bonds is 3. The zero-order valence-corrected chi connectivity index (χ0v) is 16.3. The second-order valence-electron chi connectivity index (χ2n) is 7.22. The molecule has 2 aliphatic heterocycles. The van der Waals surface area contributed by atoms with Crippen LogP contribution < -0.4 is 4.90 Å². The molecule has 0 atom stereocenters. The molecule has 140 valence electrons. The zero-order chi connectivity index (χ0) is 18.0. The summed E-state index contributed by atoms with van der Waals surface area (Å²) < 4.78 is 25.1. The maximum Gasteiger partial charge on any atom is 0.225 e. The Morgan fingerprint density at radius 1 is 0.960 bits per heavy atom. The number of aryl methyl sites for hydroxylation is 2. The fourth-order valence-corrected chi connectivity index (χ4v) is 4.76. The van der Waals surface area contributed by atoms with Crippen molar-refractivity contribution in [2.45, 2.75) is 39.2 Å². The first kappa shape index (κ1) is 18.5. The van der Waals surface area contributed by atoms with E-state index in [1.54, 1.807) is 4.31 Å². The standard InChI is InChI=1S/C17H29N5O2S/c1-14-13-15(2)19-17(18-14)21-9-5-16(6-10-21)20-7-4-8-22(12-11-20)25(3,23)24/h13,16H,4-12H2,1-3H3. The van der Waals surface area contributed by atoms with Crippen LogP contribution in [-0.4, -0.2) is 79.2 Å². The normalized spacial score (nSPS) is 22.1. The van der Waals surface area contributed by atoms with Gasteiger partial charge in [-0.25, -0.2) is 22.7 Å². The van der Waals surface area contributed by atoms with Gasteiger partial charge in [-0.05, 0) is 45.7 Å². The molecule has 0 N–H and O–H groups in total. The summed E-state index contributed by atoms with van der Waals surface area (Å²) in [5, 5.41) is 0. The summed E-state index contributed by atoms with van der Waals surface area (Å²) in [4.78, 5) is 13.9. The second-order valence-corrected chi connectivity index (χ2v) is 9.20. The summed E-state index contributed by atoms with van der Waals surface area (Å²) in [5.41, 5.74) is 2.02. The average molecular weight is 368 g/mol. The van der Waals surface area contributed by atoms with Gasteiger partial charge in [0.2, 0.25) is 16.0 Å². The van der Waals surface area contributed by atoms with E-state index in [0.29, 0.717) is 19.1 Å². The zero-order valence-electron chi connectivity index (χ0n) is 15.5. The molecule has 1 aromatic heterocycles. The van der Waals surface area contributed by atoms with Crippen LogP contribution in [0.15, 0.2) is 6.07 Å². The van der Waals surface area contributed by atoms with E-state index in [2.05, 4.69) is 19.8 Å². The van der Waals surface area contributed by atoms with E-state index in [1.165, 1.54) is 6.26 Å². The van der Waals surface area contributed by atoms with Crippen LogP contribution in [0.25, 0.3) is 0 Å². The van der Waals surface area contributed by atoms with E-state index in [4.69, 9.17) is 0 Å². The van der Waals surface area contributed by atoms with E-state index < -0.39 is 10.0 Å². The molecule has 0 amide bonds. The highest BCUT2D eigenvalue weighted by Gasteiger charge is 2.29. The number of nitrogens with zero attached hydrogens (tertiary/aromatic N) is 5. The molecule has 7 nitrogen and oxygen atoms in total. The van der Waals surface area contributed by atoms with Gasteiger partial charge < -0.3 is 4.90 Å². The van der Waals surface area contributed by atoms with Gasteiger partial charge in [-0.3, -0.25) is 4.90 Å². The van der Waals surface area contributed by atoms with Gasteiger partial charge in [-0.2, -0.15) is 0 Å². The number of anilines is 1. The van der Waals surface area contributed by atoms with Crippen molar-refractivity contribution in [1.82, 2.24) is 19.2 Å². The minimum atomic E-state index is -3.07. The third-order valence-corrected chi connectivity index (χ3v) is 6.50. The molecule has 0 unspecified atom stereocenters. The average Bonchev–Trinajstić information content (AvgIpc) is 2.80. The van der Waals surface area contributed by atoms with Crippen LogP contribution >= 0.6 is 0 Å². The van der Waals surface area contributed by atoms with Crippen LogP contribution in [0.5, 0.6) is 0 Å². The minimum Gasteiger partial charge on any atom is -0.341 e. The Balaban J connectivity index is 1.57. The van der Waals surface area contributed by atoms with Crippen molar-refractivity contribution in [1.29, 1.82) is 0 Å². The lowest BCUT2D eigenvalue weighted by Gasteiger charge is -2.38. The molecule has 1 aromatic rings. The predicted molar refractivity (Wildman–Crippen MR) is 99.3 cm³/mol. The number of piperidine rings is 1. The van der Waals surface area contributed by atoms with Crippen LogP contribution in [0.1, 0.15) is 30.7 Å². The maximum absolute atomic E-state index is 11.8. The van der Waals surface area contributed by atoms with Gasteiger partial charge in [0, 0.05) is 50.2 Å². The topological polar surface area (TPSA) is 69.6 Å². The summed E-state index contributed by atoms with van der Waals surface area (Å²) in [6.07, 6.45) is 4.38. The van der Waals surface area contributed by atoms with Gasteiger partial charge in [0.25, 0.3) is 0 Å². The number of aromatic nitrogens is 2. The van der Waals surface area contributed by atoms with Crippen molar-refractivity contribution >= 4 is 16.0 Å². The Bertz CT molecular complexity index is 681. The van der Waals surface area contributed by atoms with Gasteiger partial charge >= 0.3 is 0 Å². The molecule has 2 fully saturated rings. The van der Waals surface area contributed by atoms with Crippen molar-refractivity contribution < 1.29 is 8.42 Å². The molecule has 0 saturated carbocycles. The highest BCUT2D eigenvalue weighted by molar-refractivity contribution is 7.88. The van der Waals surface area contributed by atoms with Gasteiger partial charge in [-0.15, -0.1) is 0 Å². The third kappa shape index (κ3) is 4.68. The molecule has 8 heteroatoms. The largest absolute Gasteiger partial charge is 0.341 e. The Hall–Kier alpha value is -1.25. The van der Waals surface area contributed by atoms with Crippen molar-refractivity contribution in [2.75, 3.05) is 50.4 Å². The molecule has 3 rings (SSSR count). The highest BCUT2D eigenvalue weighted by atomic mass is 32.2. The van der Waals surface area contributed by atoms with Gasteiger partial charge in [0.15, 0.2) is 0 Å². The number of hydrogen-bond acceptors (Lipinski definition) is 6. The summed E-state index contributed by atoms with van der Waals surface area (Å²) >= 11 is 0. The van der Waals surface area contributed by atoms with E-state index in [0.717, 1.165) is 62.8 Å². The fraction of sp³-hybridized carbons (Fsp3) is 0.765. The van der Waals surface area contributed by atoms with Crippen LogP contribution in [-0.2, 0) is 10.0 Å². The molecule has 2 aliphatic rings. The third-order valence-electron chi connectivity index (χ3n) is 5.19. The summed E-state index contributed by atoms with van der Waals surface area (Å²) in [7, 11) is -3.07. The van der Waals surface area contributed by atoms with Gasteiger partial charge in [0.1, 0.15) is 0 Å². The first-order valence-corrected chi connectivity index (χ1v) is 10.9. The molecular weight excluding hydrogens is 338 g/mol. The number of sulfonamides is 1. The Kier molecular flexibility index (Phi) is 5.60. The first-order chi connectivity index (χ1) is 11.8. The molecule has 0 aromatic carbocycles. The van der Waals surface area contributed by atoms with E-state index >= 15 is 0 Å². The Morgan fingerprint density at radius 3 is 2.20 bits per heavy atom. The molecule has 0 bridgehead atoms. The monoisotopic (exact) mass is 367 g/mol. The Labute approximate surface area is 151 Å². The van der Waals surface area contributed by atoms with Gasteiger partial charge in [-0.1, -0.05) is 0 Å². The van der Waals surface area contributed by atoms with Crippen LogP contribution in [0, 0.1) is 13.8 Å². The van der Waals surface area contributed by atoms with Crippen LogP contribution in [0.3, 0.4) is 0 Å². The van der Waals surface area contributed by atoms with Crippen molar-refractivity contribution in [3.8, 4) is 0 Å². The van der Waals surface area contributed by atoms with Crippen molar-refractivity contribution in [3.05, 3.63) is 17.5 Å². The number of hydrogen-bond donors (Lipinski definition) is 0. The first-order valence-electron chi connectivity index (χ1n) is 9.09. The SMILES string of the molecule is Cc1cc(C)nc(N2CCC(N3CCCN(S(C)(=O)=O)CC3)CC2)n1. The fourth-order valence-electron chi connectivity index (χ4n) is 3.89. The quantitative estimate of drug-likeness (QED) is 0.795. The van der Waals surface area contributed by atoms with Crippen molar-refractivity contribution in [3.63, 3.8) is 0 Å². The van der Waals surface area contributed by atoms with E-state index in [-0.39, 0.29) is 0 Å². The lowest BCUT2D eigenvalue weighted by Crippen LogP contribution is -2.46. The molecule has 3 heterocycles. The molecular formula is C17H29N5O2S. The molecule has 2 saturated heterocycles. The van der Waals surface area contributed by atoms with Crippen LogP contribution in [0.4, 0.5) is 5.95 Å². The Morgan fingerprint density at radius 2 is 1.60 bits per heavy atom. The van der Waals surface area contributed by atoms with Gasteiger partial charge in [0.05, 0.1) is 6.26 Å². The smallest absolute Gasteiger partial charge is 0.225 e. The molecule has 25 heavy (non-hydrogen) atoms. The lowest BCUT2D eigenvalue weighted by molar-refractivity contribution is 0.177. The van der Waals surface area contributed by atoms with Crippen molar-refractivity contribution in [2.24, 2.45) is 0 Å². The highest BCUT2D eigenvalue weighted by Crippen LogP contribution is 2.22. The maximum atomic E-state index is 11.8. The van der Waals surface area contributed by atoms with Crippen LogP contribution in [0.2, 0.25) is 0 Å². The van der Waals surface area contributed by atoms with E-state index in [9.17, 15) is 8.42 Å².